The van der Waals surface area contributed by atoms with Gasteiger partial charge >= 0.3 is 0 Å². The average Bonchev–Trinajstić information content (AvgIpc) is 2.91. The minimum atomic E-state index is 0.156. The van der Waals surface area contributed by atoms with E-state index in [0.29, 0.717) is 12.6 Å². The summed E-state index contributed by atoms with van der Waals surface area (Å²) in [4.78, 5) is 2.50. The first-order valence-corrected chi connectivity index (χ1v) is 6.47. The Morgan fingerprint density at radius 2 is 1.88 bits per heavy atom. The number of ether oxygens (including phenoxy) is 2. The molecule has 2 atom stereocenters. The SMILES string of the molecule is C[C@@H]([C@@H]1COc2ccccc2O1)N1CCCC1. The fourth-order valence-electron chi connectivity index (χ4n) is 2.66. The van der Waals surface area contributed by atoms with Gasteiger partial charge in [-0.05, 0) is 45.0 Å². The lowest BCUT2D eigenvalue weighted by Gasteiger charge is -2.34. The predicted molar refractivity (Wildman–Crippen MR) is 66.6 cm³/mol. The van der Waals surface area contributed by atoms with E-state index in [1.54, 1.807) is 0 Å². The van der Waals surface area contributed by atoms with Gasteiger partial charge in [0.15, 0.2) is 11.5 Å². The number of fused-ring (bicyclic) bond motifs is 1. The van der Waals surface area contributed by atoms with E-state index in [1.807, 2.05) is 24.3 Å². The number of hydrogen-bond acceptors (Lipinski definition) is 3. The fourth-order valence-corrected chi connectivity index (χ4v) is 2.66. The summed E-state index contributed by atoms with van der Waals surface area (Å²) in [5.74, 6) is 1.76. The van der Waals surface area contributed by atoms with E-state index in [9.17, 15) is 0 Å². The van der Waals surface area contributed by atoms with Crippen molar-refractivity contribution in [3.63, 3.8) is 0 Å². The molecular weight excluding hydrogens is 214 g/mol. The van der Waals surface area contributed by atoms with Gasteiger partial charge in [0.25, 0.3) is 0 Å². The number of hydrogen-bond donors (Lipinski definition) is 0. The highest BCUT2D eigenvalue weighted by molar-refractivity contribution is 5.40. The summed E-state index contributed by atoms with van der Waals surface area (Å²) >= 11 is 0. The summed E-state index contributed by atoms with van der Waals surface area (Å²) in [6, 6.07) is 8.35. The minimum Gasteiger partial charge on any atom is -0.486 e. The van der Waals surface area contributed by atoms with Crippen molar-refractivity contribution >= 4 is 0 Å². The topological polar surface area (TPSA) is 21.7 Å². The van der Waals surface area contributed by atoms with Crippen LogP contribution in [0.4, 0.5) is 0 Å². The fraction of sp³-hybridized carbons (Fsp3) is 0.571. The molecule has 1 saturated heterocycles. The van der Waals surface area contributed by atoms with E-state index < -0.39 is 0 Å². The standard InChI is InChI=1S/C14H19NO2/c1-11(15-8-4-5-9-15)14-10-16-12-6-2-3-7-13(12)17-14/h2-3,6-7,11,14H,4-5,8-10H2,1H3/t11-,14-/m0/s1. The summed E-state index contributed by atoms with van der Waals surface area (Å²) in [5, 5.41) is 0. The highest BCUT2D eigenvalue weighted by Crippen LogP contribution is 2.32. The highest BCUT2D eigenvalue weighted by atomic mass is 16.6. The van der Waals surface area contributed by atoms with Gasteiger partial charge in [-0.3, -0.25) is 4.90 Å². The van der Waals surface area contributed by atoms with Crippen LogP contribution in [0.2, 0.25) is 0 Å². The molecule has 1 aromatic carbocycles. The van der Waals surface area contributed by atoms with Crippen LogP contribution in [-0.2, 0) is 0 Å². The molecule has 1 aromatic rings. The Morgan fingerprint density at radius 1 is 1.18 bits per heavy atom. The number of para-hydroxylation sites is 2. The van der Waals surface area contributed by atoms with Gasteiger partial charge in [0.2, 0.25) is 0 Å². The maximum absolute atomic E-state index is 6.04. The first-order valence-electron chi connectivity index (χ1n) is 6.47. The van der Waals surface area contributed by atoms with Crippen LogP contribution in [0.15, 0.2) is 24.3 Å². The Morgan fingerprint density at radius 3 is 2.65 bits per heavy atom. The number of nitrogens with zero attached hydrogens (tertiary/aromatic N) is 1. The average molecular weight is 233 g/mol. The van der Waals surface area contributed by atoms with E-state index in [0.717, 1.165) is 11.5 Å². The summed E-state index contributed by atoms with van der Waals surface area (Å²) in [7, 11) is 0. The normalized spacial score (nSPS) is 25.8. The second-order valence-electron chi connectivity index (χ2n) is 4.90. The smallest absolute Gasteiger partial charge is 0.161 e. The van der Waals surface area contributed by atoms with Crippen LogP contribution in [0.25, 0.3) is 0 Å². The molecule has 92 valence electrons. The third kappa shape index (κ3) is 2.12. The molecule has 3 nitrogen and oxygen atoms in total. The Hall–Kier alpha value is -1.22. The lowest BCUT2D eigenvalue weighted by Crippen LogP contribution is -2.47. The zero-order valence-corrected chi connectivity index (χ0v) is 10.3. The molecule has 2 aliphatic heterocycles. The van der Waals surface area contributed by atoms with Crippen LogP contribution in [0.1, 0.15) is 19.8 Å². The third-order valence-corrected chi connectivity index (χ3v) is 3.79. The molecule has 3 rings (SSSR count). The van der Waals surface area contributed by atoms with Gasteiger partial charge < -0.3 is 9.47 Å². The highest BCUT2D eigenvalue weighted by Gasteiger charge is 2.30. The molecule has 0 aromatic heterocycles. The van der Waals surface area contributed by atoms with Crippen molar-refractivity contribution in [3.05, 3.63) is 24.3 Å². The van der Waals surface area contributed by atoms with Crippen LogP contribution in [-0.4, -0.2) is 36.7 Å². The molecule has 0 aliphatic carbocycles. The van der Waals surface area contributed by atoms with Crippen LogP contribution in [0.3, 0.4) is 0 Å². The molecule has 17 heavy (non-hydrogen) atoms. The van der Waals surface area contributed by atoms with Gasteiger partial charge in [-0.2, -0.15) is 0 Å². The van der Waals surface area contributed by atoms with Crippen LogP contribution < -0.4 is 9.47 Å². The molecule has 1 fully saturated rings. The molecular formula is C14H19NO2. The summed E-state index contributed by atoms with van der Waals surface area (Å²) in [6.45, 7) is 5.30. The van der Waals surface area contributed by atoms with Crippen molar-refractivity contribution < 1.29 is 9.47 Å². The second kappa shape index (κ2) is 4.57. The maximum Gasteiger partial charge on any atom is 0.161 e. The number of rotatable bonds is 2. The summed E-state index contributed by atoms with van der Waals surface area (Å²) < 4.78 is 11.8. The van der Waals surface area contributed by atoms with Crippen LogP contribution >= 0.6 is 0 Å². The molecule has 0 bridgehead atoms. The van der Waals surface area contributed by atoms with Crippen molar-refractivity contribution in [2.75, 3.05) is 19.7 Å². The van der Waals surface area contributed by atoms with Gasteiger partial charge in [0, 0.05) is 6.04 Å². The van der Waals surface area contributed by atoms with E-state index in [2.05, 4.69) is 11.8 Å². The molecule has 0 saturated carbocycles. The Balaban J connectivity index is 1.70. The number of benzene rings is 1. The molecule has 0 spiro atoms. The van der Waals surface area contributed by atoms with E-state index in [-0.39, 0.29) is 6.10 Å². The Kier molecular flexibility index (Phi) is 2.93. The third-order valence-electron chi connectivity index (χ3n) is 3.79. The summed E-state index contributed by atoms with van der Waals surface area (Å²) in [5.41, 5.74) is 0. The van der Waals surface area contributed by atoms with Gasteiger partial charge in [-0.15, -0.1) is 0 Å². The predicted octanol–water partition coefficient (Wildman–Crippen LogP) is 2.31. The van der Waals surface area contributed by atoms with E-state index >= 15 is 0 Å². The van der Waals surface area contributed by atoms with Gasteiger partial charge in [0.05, 0.1) is 0 Å². The molecule has 0 unspecified atom stereocenters. The summed E-state index contributed by atoms with van der Waals surface area (Å²) in [6.07, 6.45) is 2.78. The first-order chi connectivity index (χ1) is 8.34. The van der Waals surface area contributed by atoms with Gasteiger partial charge in [-0.1, -0.05) is 12.1 Å². The largest absolute Gasteiger partial charge is 0.486 e. The first kappa shape index (κ1) is 10.9. The lowest BCUT2D eigenvalue weighted by atomic mass is 10.1. The zero-order valence-electron chi connectivity index (χ0n) is 10.3. The Bertz CT molecular complexity index is 388. The van der Waals surface area contributed by atoms with Crippen LogP contribution in [0.5, 0.6) is 11.5 Å². The molecule has 3 heteroatoms. The molecule has 2 heterocycles. The van der Waals surface area contributed by atoms with Gasteiger partial charge in [0.1, 0.15) is 12.7 Å². The quantitative estimate of drug-likeness (QED) is 0.782. The zero-order chi connectivity index (χ0) is 11.7. The van der Waals surface area contributed by atoms with E-state index in [4.69, 9.17) is 9.47 Å². The molecule has 0 N–H and O–H groups in total. The lowest BCUT2D eigenvalue weighted by molar-refractivity contribution is 0.0287. The molecule has 0 radical (unpaired) electrons. The maximum atomic E-state index is 6.04. The van der Waals surface area contributed by atoms with Crippen molar-refractivity contribution in [2.24, 2.45) is 0 Å². The number of likely N-dealkylation sites (tertiary alicyclic amines) is 1. The van der Waals surface area contributed by atoms with Crippen molar-refractivity contribution in [2.45, 2.75) is 31.9 Å². The van der Waals surface area contributed by atoms with Crippen molar-refractivity contribution in [3.8, 4) is 11.5 Å². The van der Waals surface area contributed by atoms with Crippen molar-refractivity contribution in [1.29, 1.82) is 0 Å². The Labute approximate surface area is 102 Å². The molecule has 0 amide bonds. The second-order valence-corrected chi connectivity index (χ2v) is 4.90. The minimum absolute atomic E-state index is 0.156. The van der Waals surface area contributed by atoms with Crippen LogP contribution in [0, 0.1) is 0 Å². The van der Waals surface area contributed by atoms with Crippen molar-refractivity contribution in [1.82, 2.24) is 4.90 Å². The van der Waals surface area contributed by atoms with E-state index in [1.165, 1.54) is 25.9 Å². The monoisotopic (exact) mass is 233 g/mol. The molecule has 2 aliphatic rings. The van der Waals surface area contributed by atoms with Gasteiger partial charge in [-0.25, -0.2) is 0 Å².